The first-order valence-corrected chi connectivity index (χ1v) is 8.11. The van der Waals surface area contributed by atoms with Gasteiger partial charge in [0.1, 0.15) is 5.52 Å². The molecule has 1 aromatic heterocycles. The van der Waals surface area contributed by atoms with Crippen LogP contribution in [-0.2, 0) is 10.0 Å². The summed E-state index contributed by atoms with van der Waals surface area (Å²) in [5, 5.41) is 5.26. The van der Waals surface area contributed by atoms with Gasteiger partial charge in [-0.15, -0.1) is 0 Å². The van der Waals surface area contributed by atoms with E-state index in [0.717, 1.165) is 11.1 Å². The third-order valence-corrected chi connectivity index (χ3v) is 4.70. The van der Waals surface area contributed by atoms with Crippen LogP contribution in [0, 0.1) is 13.8 Å². The topological polar surface area (TPSA) is 112 Å². The van der Waals surface area contributed by atoms with Gasteiger partial charge in [-0.05, 0) is 48.2 Å². The van der Waals surface area contributed by atoms with Crippen LogP contribution >= 0.6 is 0 Å². The minimum atomic E-state index is -3.74. The molecule has 7 heteroatoms. The first kappa shape index (κ1) is 14.6. The van der Waals surface area contributed by atoms with E-state index in [4.69, 9.17) is 15.3 Å². The standard InChI is InChI=1S/C15H15N3O3S/c1-8-5-11(6-9(2)14(8)22(17,19)20)10-3-4-12-13(7-10)21-15(16)18-12/h3-7H,1-2H3,(H2,16,18)(H2,17,19,20). The molecular weight excluding hydrogens is 302 g/mol. The summed E-state index contributed by atoms with van der Waals surface area (Å²) in [5.74, 6) is 0. The van der Waals surface area contributed by atoms with Gasteiger partial charge in [-0.3, -0.25) is 0 Å². The van der Waals surface area contributed by atoms with Gasteiger partial charge in [0.05, 0.1) is 4.90 Å². The van der Waals surface area contributed by atoms with E-state index in [2.05, 4.69) is 4.98 Å². The number of aromatic nitrogens is 1. The summed E-state index contributed by atoms with van der Waals surface area (Å²) in [6, 6.07) is 9.20. The number of benzene rings is 2. The molecule has 0 aliphatic rings. The number of hydrogen-bond acceptors (Lipinski definition) is 5. The van der Waals surface area contributed by atoms with Crippen molar-refractivity contribution in [1.82, 2.24) is 4.98 Å². The van der Waals surface area contributed by atoms with Crippen molar-refractivity contribution < 1.29 is 12.8 Å². The number of hydrogen-bond donors (Lipinski definition) is 2. The molecule has 0 aliphatic carbocycles. The maximum Gasteiger partial charge on any atom is 0.292 e. The van der Waals surface area contributed by atoms with E-state index in [1.165, 1.54) is 0 Å². The van der Waals surface area contributed by atoms with Gasteiger partial charge in [0.15, 0.2) is 5.58 Å². The lowest BCUT2D eigenvalue weighted by Crippen LogP contribution is -2.15. The molecule has 6 nitrogen and oxygen atoms in total. The number of nitrogen functional groups attached to an aromatic ring is 1. The second-order valence-electron chi connectivity index (χ2n) is 5.22. The molecule has 114 valence electrons. The molecule has 0 saturated heterocycles. The molecule has 4 N–H and O–H groups in total. The van der Waals surface area contributed by atoms with Crippen LogP contribution in [0.5, 0.6) is 0 Å². The van der Waals surface area contributed by atoms with Gasteiger partial charge in [-0.2, -0.15) is 4.98 Å². The Kier molecular flexibility index (Phi) is 3.19. The Labute approximate surface area is 127 Å². The van der Waals surface area contributed by atoms with Crippen LogP contribution in [0.4, 0.5) is 6.01 Å². The average molecular weight is 317 g/mol. The SMILES string of the molecule is Cc1cc(-c2ccc3nc(N)oc3c2)cc(C)c1S(N)(=O)=O. The van der Waals surface area contributed by atoms with Crippen LogP contribution < -0.4 is 10.9 Å². The highest BCUT2D eigenvalue weighted by atomic mass is 32.2. The molecule has 0 saturated carbocycles. The van der Waals surface area contributed by atoms with Crippen LogP contribution in [0.15, 0.2) is 39.6 Å². The summed E-state index contributed by atoms with van der Waals surface area (Å²) in [6.45, 7) is 3.45. The molecule has 3 rings (SSSR count). The first-order chi connectivity index (χ1) is 10.3. The number of anilines is 1. The molecule has 0 fully saturated rings. The maximum atomic E-state index is 11.6. The van der Waals surface area contributed by atoms with E-state index in [0.29, 0.717) is 22.2 Å². The number of primary sulfonamides is 1. The van der Waals surface area contributed by atoms with Gasteiger partial charge >= 0.3 is 0 Å². The van der Waals surface area contributed by atoms with E-state index in [1.807, 2.05) is 18.2 Å². The highest BCUT2D eigenvalue weighted by Gasteiger charge is 2.16. The zero-order valence-corrected chi connectivity index (χ0v) is 12.9. The molecule has 0 unspecified atom stereocenters. The van der Waals surface area contributed by atoms with E-state index in [1.54, 1.807) is 26.0 Å². The van der Waals surface area contributed by atoms with E-state index in [-0.39, 0.29) is 10.9 Å². The summed E-state index contributed by atoms with van der Waals surface area (Å²) in [5.41, 5.74) is 9.77. The van der Waals surface area contributed by atoms with Crippen molar-refractivity contribution in [2.24, 2.45) is 5.14 Å². The summed E-state index contributed by atoms with van der Waals surface area (Å²) in [6.07, 6.45) is 0. The maximum absolute atomic E-state index is 11.6. The lowest BCUT2D eigenvalue weighted by Gasteiger charge is -2.11. The molecule has 0 bridgehead atoms. The fourth-order valence-corrected chi connectivity index (χ4v) is 3.70. The Hall–Kier alpha value is -2.38. The molecule has 1 heterocycles. The van der Waals surface area contributed by atoms with Gasteiger partial charge in [0, 0.05) is 0 Å². The lowest BCUT2D eigenvalue weighted by atomic mass is 10.0. The van der Waals surface area contributed by atoms with Crippen molar-refractivity contribution in [2.75, 3.05) is 5.73 Å². The summed E-state index contributed by atoms with van der Waals surface area (Å²) >= 11 is 0. The molecule has 0 aliphatic heterocycles. The van der Waals surface area contributed by atoms with Gasteiger partial charge in [-0.1, -0.05) is 18.2 Å². The number of nitrogens with zero attached hydrogens (tertiary/aromatic N) is 1. The highest BCUT2D eigenvalue weighted by molar-refractivity contribution is 7.89. The second kappa shape index (κ2) is 4.82. The Balaban J connectivity index is 2.18. The predicted molar refractivity (Wildman–Crippen MR) is 84.7 cm³/mol. The van der Waals surface area contributed by atoms with Crippen LogP contribution in [0.1, 0.15) is 11.1 Å². The van der Waals surface area contributed by atoms with Gasteiger partial charge < -0.3 is 10.2 Å². The van der Waals surface area contributed by atoms with Crippen molar-refractivity contribution in [3.05, 3.63) is 41.5 Å². The number of rotatable bonds is 2. The fourth-order valence-electron chi connectivity index (χ4n) is 2.69. The van der Waals surface area contributed by atoms with Crippen molar-refractivity contribution >= 4 is 27.1 Å². The molecule has 0 amide bonds. The van der Waals surface area contributed by atoms with E-state index in [9.17, 15) is 8.42 Å². The largest absolute Gasteiger partial charge is 0.424 e. The molecule has 0 atom stereocenters. The number of fused-ring (bicyclic) bond motifs is 1. The second-order valence-corrected chi connectivity index (χ2v) is 6.72. The Bertz CT molecular complexity index is 967. The van der Waals surface area contributed by atoms with Crippen molar-refractivity contribution in [2.45, 2.75) is 18.7 Å². The lowest BCUT2D eigenvalue weighted by molar-refractivity contribution is 0.596. The van der Waals surface area contributed by atoms with Crippen LogP contribution in [0.3, 0.4) is 0 Å². The third-order valence-electron chi connectivity index (χ3n) is 3.48. The third kappa shape index (κ3) is 2.44. The number of aryl methyl sites for hydroxylation is 2. The molecule has 3 aromatic rings. The fraction of sp³-hybridized carbons (Fsp3) is 0.133. The molecule has 0 radical (unpaired) electrons. The Morgan fingerprint density at radius 1 is 1.05 bits per heavy atom. The first-order valence-electron chi connectivity index (χ1n) is 6.56. The monoisotopic (exact) mass is 317 g/mol. The number of sulfonamides is 1. The average Bonchev–Trinajstić information content (AvgIpc) is 2.74. The Morgan fingerprint density at radius 3 is 2.27 bits per heavy atom. The normalized spacial score (nSPS) is 12.0. The van der Waals surface area contributed by atoms with Crippen LogP contribution in [-0.4, -0.2) is 13.4 Å². The van der Waals surface area contributed by atoms with E-state index >= 15 is 0 Å². The quantitative estimate of drug-likeness (QED) is 0.753. The minimum Gasteiger partial charge on any atom is -0.424 e. The van der Waals surface area contributed by atoms with Crippen molar-refractivity contribution in [3.8, 4) is 11.1 Å². The van der Waals surface area contributed by atoms with Crippen LogP contribution in [0.2, 0.25) is 0 Å². The molecule has 22 heavy (non-hydrogen) atoms. The van der Waals surface area contributed by atoms with Gasteiger partial charge in [0.2, 0.25) is 10.0 Å². The van der Waals surface area contributed by atoms with Crippen molar-refractivity contribution in [3.63, 3.8) is 0 Å². The van der Waals surface area contributed by atoms with Crippen LogP contribution in [0.25, 0.3) is 22.2 Å². The summed E-state index contributed by atoms with van der Waals surface area (Å²) < 4.78 is 28.6. The minimum absolute atomic E-state index is 0.115. The smallest absolute Gasteiger partial charge is 0.292 e. The summed E-state index contributed by atoms with van der Waals surface area (Å²) in [7, 11) is -3.74. The van der Waals surface area contributed by atoms with Gasteiger partial charge in [-0.25, -0.2) is 13.6 Å². The summed E-state index contributed by atoms with van der Waals surface area (Å²) in [4.78, 5) is 4.21. The molecular formula is C15H15N3O3S. The molecule has 2 aromatic carbocycles. The predicted octanol–water partition coefficient (Wildman–Crippen LogP) is 2.34. The Morgan fingerprint density at radius 2 is 1.68 bits per heavy atom. The zero-order valence-electron chi connectivity index (χ0n) is 12.1. The number of oxazole rings is 1. The van der Waals surface area contributed by atoms with Gasteiger partial charge in [0.25, 0.3) is 6.01 Å². The number of nitrogens with two attached hydrogens (primary N) is 2. The highest BCUT2D eigenvalue weighted by Crippen LogP contribution is 2.30. The van der Waals surface area contributed by atoms with Crippen molar-refractivity contribution in [1.29, 1.82) is 0 Å². The zero-order chi connectivity index (χ0) is 16.1. The molecule has 0 spiro atoms. The van der Waals surface area contributed by atoms with E-state index < -0.39 is 10.0 Å².